The molecule has 1 N–H and O–H groups in total. The van der Waals surface area contributed by atoms with Crippen LogP contribution in [0.15, 0.2) is 12.3 Å². The largest absolute Gasteiger partial charge is 0.386 e. The Hall–Kier alpha value is 0.0444. The molecule has 0 spiro atoms. The van der Waals surface area contributed by atoms with Crippen LogP contribution in [0.3, 0.4) is 0 Å². The maximum atomic E-state index is 4.07. The summed E-state index contributed by atoms with van der Waals surface area (Å²) < 4.78 is 0. The van der Waals surface area contributed by atoms with Crippen LogP contribution in [0.4, 0.5) is 0 Å². The zero-order valence-corrected chi connectivity index (χ0v) is 14.7. The van der Waals surface area contributed by atoms with Gasteiger partial charge in [0.15, 0.2) is 0 Å². The Morgan fingerprint density at radius 1 is 1.16 bits per heavy atom. The molecule has 1 radical (unpaired) electrons. The standard InChI is InChI=1S/C13H26N3.C2H6.V/c1-5-6-15-7-9-16(10-8-15)11-13(4)14-12(2)3;1-2;/h12,14H,1,4-11H2,2-3H3;1-2H3;/q-1;;. The maximum absolute atomic E-state index is 4.07. The first-order valence-corrected chi connectivity index (χ1v) is 7.30. The van der Waals surface area contributed by atoms with Crippen molar-refractivity contribution in [2.24, 2.45) is 0 Å². The zero-order chi connectivity index (χ0) is 14.0. The Labute approximate surface area is 132 Å². The third-order valence-electron chi connectivity index (χ3n) is 2.85. The van der Waals surface area contributed by atoms with E-state index in [9.17, 15) is 0 Å². The van der Waals surface area contributed by atoms with Crippen molar-refractivity contribution in [3.05, 3.63) is 19.2 Å². The van der Waals surface area contributed by atoms with E-state index in [4.69, 9.17) is 0 Å². The van der Waals surface area contributed by atoms with Gasteiger partial charge in [0.1, 0.15) is 0 Å². The van der Waals surface area contributed by atoms with Gasteiger partial charge < -0.3 is 17.1 Å². The summed E-state index contributed by atoms with van der Waals surface area (Å²) in [6, 6.07) is 0.486. The smallest absolute Gasteiger partial charge is 0.0376 e. The maximum Gasteiger partial charge on any atom is 0.0376 e. The molecule has 113 valence electrons. The summed E-state index contributed by atoms with van der Waals surface area (Å²) in [5.74, 6) is 0. The van der Waals surface area contributed by atoms with E-state index in [1.54, 1.807) is 0 Å². The fourth-order valence-corrected chi connectivity index (χ4v) is 2.12. The summed E-state index contributed by atoms with van der Waals surface area (Å²) >= 11 is 0. The van der Waals surface area contributed by atoms with E-state index >= 15 is 0 Å². The first-order chi connectivity index (χ1) is 8.61. The van der Waals surface area contributed by atoms with Gasteiger partial charge in [0, 0.05) is 63.0 Å². The molecule has 0 aromatic heterocycles. The minimum atomic E-state index is 0. The van der Waals surface area contributed by atoms with Crippen molar-refractivity contribution >= 4 is 0 Å². The number of hydrogen-bond donors (Lipinski definition) is 1. The Morgan fingerprint density at radius 3 is 2.05 bits per heavy atom. The van der Waals surface area contributed by atoms with Gasteiger partial charge in [-0.1, -0.05) is 20.4 Å². The SMILES string of the molecule is C=C(CN1CCN(CC[CH2-])CC1)NC(C)C.CC.[V]. The second-order valence-electron chi connectivity index (χ2n) is 4.87. The zero-order valence-electron chi connectivity index (χ0n) is 13.3. The van der Waals surface area contributed by atoms with Gasteiger partial charge in [0.25, 0.3) is 0 Å². The average molecular weight is 305 g/mol. The summed E-state index contributed by atoms with van der Waals surface area (Å²) in [6.45, 7) is 23.0. The molecule has 0 saturated carbocycles. The van der Waals surface area contributed by atoms with Gasteiger partial charge >= 0.3 is 0 Å². The first-order valence-electron chi connectivity index (χ1n) is 7.30. The normalized spacial score (nSPS) is 16.3. The van der Waals surface area contributed by atoms with Crippen LogP contribution < -0.4 is 5.32 Å². The van der Waals surface area contributed by atoms with Gasteiger partial charge in [0.05, 0.1) is 0 Å². The van der Waals surface area contributed by atoms with Crippen LogP contribution in [0, 0.1) is 6.92 Å². The van der Waals surface area contributed by atoms with Crippen molar-refractivity contribution in [2.75, 3.05) is 39.3 Å². The molecule has 0 bridgehead atoms. The molecule has 0 atom stereocenters. The molecule has 0 amide bonds. The molecular weight excluding hydrogens is 273 g/mol. The van der Waals surface area contributed by atoms with Crippen molar-refractivity contribution in [1.82, 2.24) is 15.1 Å². The van der Waals surface area contributed by atoms with Crippen LogP contribution in [0.1, 0.15) is 34.1 Å². The summed E-state index contributed by atoms with van der Waals surface area (Å²) in [7, 11) is 0. The van der Waals surface area contributed by atoms with Gasteiger partial charge in [0.2, 0.25) is 0 Å². The summed E-state index contributed by atoms with van der Waals surface area (Å²) in [5.41, 5.74) is 1.14. The molecule has 0 aliphatic carbocycles. The average Bonchev–Trinajstić information content (AvgIpc) is 2.33. The van der Waals surface area contributed by atoms with Gasteiger partial charge in [-0.25, -0.2) is 0 Å². The van der Waals surface area contributed by atoms with Crippen LogP contribution in [0.5, 0.6) is 0 Å². The van der Waals surface area contributed by atoms with Crippen LogP contribution in [0.2, 0.25) is 0 Å². The number of nitrogens with one attached hydrogen (secondary N) is 1. The number of nitrogens with zero attached hydrogens (tertiary/aromatic N) is 2. The summed E-state index contributed by atoms with van der Waals surface area (Å²) in [6.07, 6.45) is 1.02. The van der Waals surface area contributed by atoms with Crippen LogP contribution >= 0.6 is 0 Å². The molecule has 1 aliphatic rings. The molecule has 1 aliphatic heterocycles. The van der Waals surface area contributed by atoms with Gasteiger partial charge in [-0.2, -0.15) is 6.42 Å². The molecule has 1 fully saturated rings. The molecule has 19 heavy (non-hydrogen) atoms. The second kappa shape index (κ2) is 13.0. The molecule has 1 saturated heterocycles. The van der Waals surface area contributed by atoms with Crippen LogP contribution in [-0.4, -0.2) is 55.1 Å². The minimum Gasteiger partial charge on any atom is -0.386 e. The summed E-state index contributed by atoms with van der Waals surface area (Å²) in [5, 5.41) is 3.37. The van der Waals surface area contributed by atoms with E-state index in [-0.39, 0.29) is 18.6 Å². The molecule has 0 unspecified atom stereocenters. The predicted molar refractivity (Wildman–Crippen MR) is 81.6 cm³/mol. The number of hydrogen-bond acceptors (Lipinski definition) is 3. The van der Waals surface area contributed by atoms with Crippen molar-refractivity contribution in [3.8, 4) is 0 Å². The fourth-order valence-electron chi connectivity index (χ4n) is 2.12. The molecule has 4 heteroatoms. The number of piperazine rings is 1. The van der Waals surface area contributed by atoms with E-state index < -0.39 is 0 Å². The third kappa shape index (κ3) is 10.5. The Morgan fingerprint density at radius 2 is 1.63 bits per heavy atom. The number of rotatable bonds is 6. The van der Waals surface area contributed by atoms with E-state index in [1.165, 1.54) is 13.1 Å². The van der Waals surface area contributed by atoms with Crippen LogP contribution in [-0.2, 0) is 18.6 Å². The van der Waals surface area contributed by atoms with Crippen molar-refractivity contribution < 1.29 is 18.6 Å². The summed E-state index contributed by atoms with van der Waals surface area (Å²) in [4.78, 5) is 4.96. The minimum absolute atomic E-state index is 0. The molecule has 1 heterocycles. The quantitative estimate of drug-likeness (QED) is 0.760. The second-order valence-corrected chi connectivity index (χ2v) is 4.87. The molecule has 0 aromatic rings. The topological polar surface area (TPSA) is 18.5 Å². The van der Waals surface area contributed by atoms with Crippen molar-refractivity contribution in [1.29, 1.82) is 0 Å². The molecular formula is C15H32N3V-. The van der Waals surface area contributed by atoms with Crippen LogP contribution in [0.25, 0.3) is 0 Å². The van der Waals surface area contributed by atoms with E-state index in [2.05, 4.69) is 42.5 Å². The van der Waals surface area contributed by atoms with Crippen molar-refractivity contribution in [2.45, 2.75) is 40.2 Å². The van der Waals surface area contributed by atoms with E-state index in [1.807, 2.05) is 13.8 Å². The Balaban J connectivity index is 0. The predicted octanol–water partition coefficient (Wildman–Crippen LogP) is 2.36. The van der Waals surface area contributed by atoms with Gasteiger partial charge in [-0.3, -0.25) is 4.90 Å². The van der Waals surface area contributed by atoms with Crippen molar-refractivity contribution in [3.63, 3.8) is 0 Å². The third-order valence-corrected chi connectivity index (χ3v) is 2.85. The van der Waals surface area contributed by atoms with Gasteiger partial charge in [-0.05, 0) is 20.4 Å². The Kier molecular flexibility index (Phi) is 14.7. The fraction of sp³-hybridized carbons (Fsp3) is 0.800. The first kappa shape index (κ1) is 21.3. The molecule has 3 nitrogen and oxygen atoms in total. The monoisotopic (exact) mass is 305 g/mol. The Bertz CT molecular complexity index is 211. The molecule has 0 aromatic carbocycles. The van der Waals surface area contributed by atoms with Gasteiger partial charge in [-0.15, -0.1) is 0 Å². The van der Waals surface area contributed by atoms with E-state index in [0.29, 0.717) is 6.04 Å². The van der Waals surface area contributed by atoms with E-state index in [0.717, 1.165) is 38.3 Å². The molecule has 1 rings (SSSR count).